The number of anilines is 1. The average Bonchev–Trinajstić information content (AvgIpc) is 3.39. The first-order chi connectivity index (χ1) is 14.8. The molecule has 2 heterocycles. The number of oxazole rings is 1. The van der Waals surface area contributed by atoms with Crippen molar-refractivity contribution in [2.75, 3.05) is 39.1 Å². The number of likely N-dealkylation sites (N-methyl/N-ethyl adjacent to an activating group) is 1. The molecule has 1 aliphatic rings. The second kappa shape index (κ2) is 8.22. The third kappa shape index (κ3) is 3.62. The molecule has 1 saturated heterocycles. The molecule has 0 radical (unpaired) electrons. The minimum atomic E-state index is -0.345. The number of amides is 1. The Hall–Kier alpha value is -3.08. The van der Waals surface area contributed by atoms with E-state index in [-0.39, 0.29) is 11.8 Å². The number of benzene rings is 2. The summed E-state index contributed by atoms with van der Waals surface area (Å²) in [4.78, 5) is 20.7. The second-order valence-corrected chi connectivity index (χ2v) is 8.40. The molecule has 1 aliphatic heterocycles. The summed E-state index contributed by atoms with van der Waals surface area (Å²) in [6.07, 6.45) is 0.976. The van der Waals surface area contributed by atoms with E-state index >= 15 is 0 Å². The van der Waals surface area contributed by atoms with E-state index in [2.05, 4.69) is 21.3 Å². The van der Waals surface area contributed by atoms with Gasteiger partial charge in [-0.2, -0.15) is 5.26 Å². The first kappa shape index (κ1) is 21.2. The van der Waals surface area contributed by atoms with Crippen molar-refractivity contribution in [3.05, 3.63) is 46.3 Å². The minimum Gasteiger partial charge on any atom is -0.430 e. The highest BCUT2D eigenvalue weighted by atomic mass is 35.5. The van der Waals surface area contributed by atoms with Crippen LogP contribution in [0.1, 0.15) is 28.2 Å². The molecule has 4 rings (SSSR count). The number of fused-ring (bicyclic) bond motifs is 1. The molecule has 1 N–H and O–H groups in total. The van der Waals surface area contributed by atoms with Crippen LogP contribution in [0.4, 0.5) is 5.69 Å². The third-order valence-electron chi connectivity index (χ3n) is 5.79. The summed E-state index contributed by atoms with van der Waals surface area (Å²) in [7, 11) is 5.24. The molecule has 0 spiro atoms. The Balaban J connectivity index is 2.07. The predicted octanol–water partition coefficient (Wildman–Crippen LogP) is 3.83. The first-order valence-corrected chi connectivity index (χ1v) is 10.5. The van der Waals surface area contributed by atoms with Gasteiger partial charge in [0.15, 0.2) is 5.58 Å². The van der Waals surface area contributed by atoms with E-state index in [1.807, 2.05) is 38.2 Å². The molecule has 0 saturated carbocycles. The molecule has 7 nitrogen and oxygen atoms in total. The molecule has 1 aromatic heterocycles. The van der Waals surface area contributed by atoms with Crippen LogP contribution in [-0.4, -0.2) is 56.1 Å². The third-order valence-corrected chi connectivity index (χ3v) is 6.03. The van der Waals surface area contributed by atoms with Crippen LogP contribution in [-0.2, 0) is 0 Å². The Morgan fingerprint density at radius 3 is 2.81 bits per heavy atom. The molecule has 0 aliphatic carbocycles. The quantitative estimate of drug-likeness (QED) is 0.667. The predicted molar refractivity (Wildman–Crippen MR) is 122 cm³/mol. The van der Waals surface area contributed by atoms with Gasteiger partial charge in [-0.15, -0.1) is 0 Å². The van der Waals surface area contributed by atoms with Gasteiger partial charge in [-0.25, -0.2) is 4.98 Å². The van der Waals surface area contributed by atoms with Crippen molar-refractivity contribution in [3.8, 4) is 17.2 Å². The maximum Gasteiger partial charge on any atom is 0.309 e. The highest BCUT2D eigenvalue weighted by Crippen LogP contribution is 2.44. The molecular formula is C23H24ClN5O2. The number of halogens is 1. The van der Waals surface area contributed by atoms with Gasteiger partial charge in [0.25, 0.3) is 5.89 Å². The Morgan fingerprint density at radius 2 is 2.19 bits per heavy atom. The highest BCUT2D eigenvalue weighted by Gasteiger charge is 2.31. The van der Waals surface area contributed by atoms with E-state index in [9.17, 15) is 10.1 Å². The lowest BCUT2D eigenvalue weighted by atomic mass is 9.93. The van der Waals surface area contributed by atoms with Crippen molar-refractivity contribution in [3.63, 3.8) is 0 Å². The zero-order chi connectivity index (χ0) is 22.3. The van der Waals surface area contributed by atoms with Crippen molar-refractivity contribution in [1.29, 1.82) is 5.26 Å². The molecule has 1 amide bonds. The number of hydrogen-bond acceptors (Lipinski definition) is 6. The lowest BCUT2D eigenvalue weighted by Gasteiger charge is -2.24. The van der Waals surface area contributed by atoms with Crippen LogP contribution < -0.4 is 10.2 Å². The van der Waals surface area contributed by atoms with E-state index in [4.69, 9.17) is 16.0 Å². The Bertz CT molecular complexity index is 1210. The SMILES string of the molecule is CN[C@H]1CCN(c2c(-c3cccc(Cl)c3)c(C)c(C#N)c3nc(C(=O)N(C)C)oc23)C1. The molecule has 2 aromatic carbocycles. The van der Waals surface area contributed by atoms with E-state index < -0.39 is 0 Å². The summed E-state index contributed by atoms with van der Waals surface area (Å²) in [5, 5.41) is 13.9. The van der Waals surface area contributed by atoms with Crippen LogP contribution in [0.25, 0.3) is 22.2 Å². The van der Waals surface area contributed by atoms with Gasteiger partial charge < -0.3 is 19.5 Å². The topological polar surface area (TPSA) is 85.4 Å². The molecule has 0 unspecified atom stereocenters. The maximum absolute atomic E-state index is 12.6. The monoisotopic (exact) mass is 437 g/mol. The molecule has 160 valence electrons. The van der Waals surface area contributed by atoms with Crippen LogP contribution in [0.3, 0.4) is 0 Å². The van der Waals surface area contributed by atoms with Crippen LogP contribution in [0, 0.1) is 18.3 Å². The van der Waals surface area contributed by atoms with Crippen molar-refractivity contribution in [1.82, 2.24) is 15.2 Å². The van der Waals surface area contributed by atoms with E-state index in [0.717, 1.165) is 41.9 Å². The molecule has 1 atom stereocenters. The van der Waals surface area contributed by atoms with Gasteiger partial charge in [0, 0.05) is 43.8 Å². The van der Waals surface area contributed by atoms with Crippen LogP contribution in [0.2, 0.25) is 5.02 Å². The maximum atomic E-state index is 12.6. The lowest BCUT2D eigenvalue weighted by molar-refractivity contribution is 0.0791. The average molecular weight is 438 g/mol. The Kier molecular flexibility index (Phi) is 5.61. The molecule has 0 bridgehead atoms. The lowest BCUT2D eigenvalue weighted by Crippen LogP contribution is -2.30. The summed E-state index contributed by atoms with van der Waals surface area (Å²) in [6, 6.07) is 10.2. The summed E-state index contributed by atoms with van der Waals surface area (Å²) < 4.78 is 6.04. The number of carbonyl (C=O) groups is 1. The first-order valence-electron chi connectivity index (χ1n) is 10.1. The molecular weight excluding hydrogens is 414 g/mol. The largest absolute Gasteiger partial charge is 0.430 e. The number of hydrogen-bond donors (Lipinski definition) is 1. The molecule has 3 aromatic rings. The summed E-state index contributed by atoms with van der Waals surface area (Å²) in [5.74, 6) is -0.368. The van der Waals surface area contributed by atoms with Crippen LogP contribution in [0.5, 0.6) is 0 Å². The fourth-order valence-electron chi connectivity index (χ4n) is 4.16. The number of nitrogens with zero attached hydrogens (tertiary/aromatic N) is 4. The molecule has 31 heavy (non-hydrogen) atoms. The van der Waals surface area contributed by atoms with Crippen LogP contribution >= 0.6 is 11.6 Å². The van der Waals surface area contributed by atoms with Gasteiger partial charge >= 0.3 is 5.91 Å². The van der Waals surface area contributed by atoms with Crippen molar-refractivity contribution < 1.29 is 9.21 Å². The van der Waals surface area contributed by atoms with E-state index in [1.165, 1.54) is 4.90 Å². The molecule has 1 fully saturated rings. The fraction of sp³-hybridized carbons (Fsp3) is 0.348. The van der Waals surface area contributed by atoms with Gasteiger partial charge in [0.05, 0.1) is 11.3 Å². The summed E-state index contributed by atoms with van der Waals surface area (Å²) in [6.45, 7) is 3.50. The standard InChI is InChI=1S/C23H24ClN5O2/c1-13-17(11-25)19-21(31-22(27-19)23(30)28(3)4)20(29-9-8-16(12-29)26-2)18(13)14-6-5-7-15(24)10-14/h5-7,10,16,26H,8-9,12H2,1-4H3/t16-/m0/s1. The zero-order valence-corrected chi connectivity index (χ0v) is 18.7. The number of nitrogens with one attached hydrogen (secondary N) is 1. The van der Waals surface area contributed by atoms with E-state index in [1.54, 1.807) is 14.1 Å². The number of aromatic nitrogens is 1. The smallest absolute Gasteiger partial charge is 0.309 e. The van der Waals surface area contributed by atoms with Crippen LogP contribution in [0.15, 0.2) is 28.7 Å². The second-order valence-electron chi connectivity index (χ2n) is 7.96. The number of nitriles is 1. The van der Waals surface area contributed by atoms with Gasteiger partial charge in [0.2, 0.25) is 0 Å². The van der Waals surface area contributed by atoms with Gasteiger partial charge in [0.1, 0.15) is 11.6 Å². The highest BCUT2D eigenvalue weighted by molar-refractivity contribution is 6.31. The molecule has 8 heteroatoms. The van der Waals surface area contributed by atoms with Gasteiger partial charge in [-0.3, -0.25) is 4.79 Å². The Morgan fingerprint density at radius 1 is 1.42 bits per heavy atom. The summed E-state index contributed by atoms with van der Waals surface area (Å²) >= 11 is 6.30. The Labute approximate surface area is 186 Å². The minimum absolute atomic E-state index is 0.0234. The summed E-state index contributed by atoms with van der Waals surface area (Å²) in [5.41, 5.74) is 4.68. The normalized spacial score (nSPS) is 16.0. The zero-order valence-electron chi connectivity index (χ0n) is 18.0. The van der Waals surface area contributed by atoms with Crippen molar-refractivity contribution in [2.45, 2.75) is 19.4 Å². The fourth-order valence-corrected chi connectivity index (χ4v) is 4.35. The number of rotatable bonds is 4. The number of carbonyl (C=O) groups excluding carboxylic acids is 1. The van der Waals surface area contributed by atoms with E-state index in [0.29, 0.717) is 27.7 Å². The van der Waals surface area contributed by atoms with Crippen molar-refractivity contribution >= 4 is 34.3 Å². The van der Waals surface area contributed by atoms with Gasteiger partial charge in [-0.05, 0) is 43.7 Å². The van der Waals surface area contributed by atoms with Crippen molar-refractivity contribution in [2.24, 2.45) is 0 Å². The van der Waals surface area contributed by atoms with Gasteiger partial charge in [-0.1, -0.05) is 23.7 Å².